The first-order valence-electron chi connectivity index (χ1n) is 5.51. The van der Waals surface area contributed by atoms with Crippen LogP contribution >= 0.6 is 0 Å². The van der Waals surface area contributed by atoms with E-state index in [1.807, 2.05) is 0 Å². The van der Waals surface area contributed by atoms with Crippen molar-refractivity contribution in [2.24, 2.45) is 0 Å². The molecule has 1 saturated carbocycles. The van der Waals surface area contributed by atoms with E-state index >= 15 is 0 Å². The van der Waals surface area contributed by atoms with Crippen molar-refractivity contribution in [3.63, 3.8) is 0 Å². The minimum absolute atomic E-state index is 0.0948. The highest BCUT2D eigenvalue weighted by Crippen LogP contribution is 2.18. The Morgan fingerprint density at radius 1 is 1.13 bits per heavy atom. The largest absolute Gasteiger partial charge is 0.314 e. The van der Waals surface area contributed by atoms with E-state index in [1.54, 1.807) is 0 Å². The van der Waals surface area contributed by atoms with E-state index in [9.17, 15) is 8.42 Å². The summed E-state index contributed by atoms with van der Waals surface area (Å²) in [6.07, 6.45) is 3.92. The normalized spacial score (nSPS) is 27.9. The van der Waals surface area contributed by atoms with Crippen LogP contribution in [0, 0.1) is 0 Å². The maximum absolute atomic E-state index is 11.2. The van der Waals surface area contributed by atoms with Gasteiger partial charge in [0.2, 0.25) is 0 Å². The smallest absolute Gasteiger partial charge is 0.276 e. The van der Waals surface area contributed by atoms with Gasteiger partial charge in [0.15, 0.2) is 0 Å². The second-order valence-electron chi connectivity index (χ2n) is 3.93. The summed E-state index contributed by atoms with van der Waals surface area (Å²) in [6, 6.07) is 0.655. The van der Waals surface area contributed by atoms with Crippen molar-refractivity contribution >= 4 is 10.2 Å². The van der Waals surface area contributed by atoms with Gasteiger partial charge >= 0.3 is 0 Å². The Hall–Kier alpha value is -0.170. The summed E-state index contributed by atoms with van der Waals surface area (Å²) >= 11 is 0. The summed E-state index contributed by atoms with van der Waals surface area (Å²) in [5.74, 6) is 0. The molecule has 0 bridgehead atoms. The molecule has 0 radical (unpaired) electrons. The Kier molecular flexibility index (Phi) is 4.98. The first-order chi connectivity index (χ1) is 7.07. The average molecular weight is 235 g/mol. The van der Waals surface area contributed by atoms with E-state index in [0.717, 1.165) is 32.2 Å². The standard InChI is InChI=1S/C9H21N3O2S/c1-3-11-8-4-6-9(7-5-8)12-15(13,14)10-2/h8-12H,3-7H2,1-2H3. The Balaban J connectivity index is 2.32. The van der Waals surface area contributed by atoms with Crippen LogP contribution in [0.15, 0.2) is 0 Å². The van der Waals surface area contributed by atoms with Crippen LogP contribution < -0.4 is 14.8 Å². The molecule has 0 aliphatic heterocycles. The monoisotopic (exact) mass is 235 g/mol. The molecule has 0 saturated heterocycles. The van der Waals surface area contributed by atoms with Gasteiger partial charge in [-0.3, -0.25) is 0 Å². The second kappa shape index (κ2) is 5.79. The maximum Gasteiger partial charge on any atom is 0.276 e. The SMILES string of the molecule is CCNC1CCC(NS(=O)(=O)NC)CC1. The van der Waals surface area contributed by atoms with E-state index in [2.05, 4.69) is 21.7 Å². The molecule has 0 spiro atoms. The molecule has 1 aliphatic carbocycles. The summed E-state index contributed by atoms with van der Waals surface area (Å²) in [5.41, 5.74) is 0. The summed E-state index contributed by atoms with van der Waals surface area (Å²) in [6.45, 7) is 3.08. The Bertz CT molecular complexity index is 271. The lowest BCUT2D eigenvalue weighted by molar-refractivity contribution is 0.333. The van der Waals surface area contributed by atoms with Crippen LogP contribution in [0.25, 0.3) is 0 Å². The summed E-state index contributed by atoms with van der Waals surface area (Å²) in [7, 11) is -1.85. The predicted molar refractivity (Wildman–Crippen MR) is 60.8 cm³/mol. The molecule has 0 aromatic carbocycles. The van der Waals surface area contributed by atoms with Gasteiger partial charge in [0, 0.05) is 19.1 Å². The van der Waals surface area contributed by atoms with Gasteiger partial charge in [0.25, 0.3) is 10.2 Å². The molecule has 0 amide bonds. The molecule has 1 fully saturated rings. The van der Waals surface area contributed by atoms with Crippen molar-refractivity contribution in [1.29, 1.82) is 0 Å². The molecule has 0 heterocycles. The van der Waals surface area contributed by atoms with Gasteiger partial charge < -0.3 is 5.32 Å². The Morgan fingerprint density at radius 3 is 2.13 bits per heavy atom. The fourth-order valence-corrected chi connectivity index (χ4v) is 2.77. The van der Waals surface area contributed by atoms with Crippen molar-refractivity contribution < 1.29 is 8.42 Å². The van der Waals surface area contributed by atoms with Gasteiger partial charge in [-0.1, -0.05) is 6.92 Å². The molecule has 0 aromatic rings. The third-order valence-electron chi connectivity index (χ3n) is 2.81. The molecule has 6 heteroatoms. The highest BCUT2D eigenvalue weighted by atomic mass is 32.2. The Labute approximate surface area is 92.2 Å². The summed E-state index contributed by atoms with van der Waals surface area (Å²) in [5, 5.41) is 3.39. The van der Waals surface area contributed by atoms with Gasteiger partial charge in [-0.05, 0) is 32.2 Å². The van der Waals surface area contributed by atoms with Crippen molar-refractivity contribution in [1.82, 2.24) is 14.8 Å². The van der Waals surface area contributed by atoms with Gasteiger partial charge in [-0.2, -0.15) is 13.1 Å². The topological polar surface area (TPSA) is 70.2 Å². The second-order valence-corrected chi connectivity index (χ2v) is 5.58. The van der Waals surface area contributed by atoms with Gasteiger partial charge in [0.05, 0.1) is 0 Å². The lowest BCUT2D eigenvalue weighted by atomic mass is 9.92. The van der Waals surface area contributed by atoms with Crippen molar-refractivity contribution in [2.75, 3.05) is 13.6 Å². The molecule has 90 valence electrons. The van der Waals surface area contributed by atoms with E-state index in [-0.39, 0.29) is 6.04 Å². The zero-order chi connectivity index (χ0) is 11.3. The Morgan fingerprint density at radius 2 is 1.67 bits per heavy atom. The van der Waals surface area contributed by atoms with Crippen molar-refractivity contribution in [3.8, 4) is 0 Å². The summed E-state index contributed by atoms with van der Waals surface area (Å²) in [4.78, 5) is 0. The van der Waals surface area contributed by atoms with Gasteiger partial charge in [-0.25, -0.2) is 4.72 Å². The first-order valence-corrected chi connectivity index (χ1v) is 7.00. The predicted octanol–water partition coefficient (Wildman–Crippen LogP) is -0.0391. The molecule has 15 heavy (non-hydrogen) atoms. The number of rotatable bonds is 5. The van der Waals surface area contributed by atoms with Gasteiger partial charge in [-0.15, -0.1) is 0 Å². The number of hydrogen-bond acceptors (Lipinski definition) is 3. The maximum atomic E-state index is 11.2. The highest BCUT2D eigenvalue weighted by Gasteiger charge is 2.23. The molecule has 1 aliphatic rings. The molecule has 0 atom stereocenters. The van der Waals surface area contributed by atoms with Crippen LogP contribution in [-0.2, 0) is 10.2 Å². The van der Waals surface area contributed by atoms with Crippen LogP contribution in [0.5, 0.6) is 0 Å². The molecule has 1 rings (SSSR count). The van der Waals surface area contributed by atoms with Gasteiger partial charge in [0.1, 0.15) is 0 Å². The third-order valence-corrected chi connectivity index (χ3v) is 3.99. The van der Waals surface area contributed by atoms with Crippen LogP contribution in [0.3, 0.4) is 0 Å². The number of nitrogens with one attached hydrogen (secondary N) is 3. The van der Waals surface area contributed by atoms with Crippen LogP contribution in [0.1, 0.15) is 32.6 Å². The molecule has 5 nitrogen and oxygen atoms in total. The van der Waals surface area contributed by atoms with Crippen LogP contribution in [-0.4, -0.2) is 34.1 Å². The lowest BCUT2D eigenvalue weighted by Gasteiger charge is -2.29. The zero-order valence-electron chi connectivity index (χ0n) is 9.41. The molecule has 3 N–H and O–H groups in total. The lowest BCUT2D eigenvalue weighted by Crippen LogP contribution is -2.45. The fourth-order valence-electron chi connectivity index (χ4n) is 1.98. The van der Waals surface area contributed by atoms with E-state index in [0.29, 0.717) is 6.04 Å². The third kappa shape index (κ3) is 4.46. The molecule has 0 aromatic heterocycles. The quantitative estimate of drug-likeness (QED) is 0.626. The van der Waals surface area contributed by atoms with E-state index in [4.69, 9.17) is 0 Å². The van der Waals surface area contributed by atoms with Crippen molar-refractivity contribution in [3.05, 3.63) is 0 Å². The minimum Gasteiger partial charge on any atom is -0.314 e. The molecule has 0 unspecified atom stereocenters. The van der Waals surface area contributed by atoms with Crippen molar-refractivity contribution in [2.45, 2.75) is 44.7 Å². The van der Waals surface area contributed by atoms with Crippen LogP contribution in [0.2, 0.25) is 0 Å². The number of hydrogen-bond donors (Lipinski definition) is 3. The first kappa shape index (κ1) is 12.9. The van der Waals surface area contributed by atoms with Crippen LogP contribution in [0.4, 0.5) is 0 Å². The minimum atomic E-state index is -3.27. The highest BCUT2D eigenvalue weighted by molar-refractivity contribution is 7.87. The van der Waals surface area contributed by atoms with E-state index in [1.165, 1.54) is 7.05 Å². The average Bonchev–Trinajstić information content (AvgIpc) is 2.21. The zero-order valence-corrected chi connectivity index (χ0v) is 10.2. The molecular weight excluding hydrogens is 214 g/mol. The molecular formula is C9H21N3O2S. The fraction of sp³-hybridized carbons (Fsp3) is 1.00. The van der Waals surface area contributed by atoms with E-state index < -0.39 is 10.2 Å². The summed E-state index contributed by atoms with van der Waals surface area (Å²) < 4.78 is 27.4.